The third kappa shape index (κ3) is 3.71. The molecular formula is C5H11NO3S. The summed E-state index contributed by atoms with van der Waals surface area (Å²) >= 11 is 3.31. The van der Waals surface area contributed by atoms with Crippen molar-refractivity contribution in [2.45, 2.75) is 12.5 Å². The van der Waals surface area contributed by atoms with E-state index in [1.54, 1.807) is 7.11 Å². The van der Waals surface area contributed by atoms with Crippen LogP contribution in [-0.4, -0.2) is 25.7 Å². The first-order valence-corrected chi connectivity index (χ1v) is 3.18. The van der Waals surface area contributed by atoms with Crippen molar-refractivity contribution in [3.05, 3.63) is 0 Å². The summed E-state index contributed by atoms with van der Waals surface area (Å²) in [6, 6.07) is -0.627. The second-order valence-electron chi connectivity index (χ2n) is 1.80. The van der Waals surface area contributed by atoms with Gasteiger partial charge in [0, 0.05) is 26.6 Å². The smallest absolute Gasteiger partial charge is 0.334 e. The molecule has 0 rings (SSSR count). The lowest BCUT2D eigenvalue weighted by Gasteiger charge is -2.05. The maximum absolute atomic E-state index is 10.5. The molecule has 60 valence electrons. The fourth-order valence-electron chi connectivity index (χ4n) is 0.430. The molecule has 0 unspecified atom stereocenters. The average molecular weight is 165 g/mol. The topological polar surface area (TPSA) is 61.5 Å². The van der Waals surface area contributed by atoms with Gasteiger partial charge in [0.15, 0.2) is 0 Å². The number of hydrogen-bond acceptors (Lipinski definition) is 5. The molecule has 0 spiro atoms. The summed E-state index contributed by atoms with van der Waals surface area (Å²) in [5, 5.41) is 0. The number of carbonyl (C=O) groups excluding carboxylic acids is 1. The number of nitrogens with two attached hydrogens (primary N) is 1. The highest BCUT2D eigenvalue weighted by molar-refractivity contribution is 7.75. The molecule has 0 aromatic rings. The van der Waals surface area contributed by atoms with Crippen molar-refractivity contribution in [1.29, 1.82) is 0 Å². The monoisotopic (exact) mass is 165 g/mol. The first-order chi connectivity index (χ1) is 4.72. The second-order valence-corrected chi connectivity index (χ2v) is 1.98. The largest absolute Gasteiger partial charge is 0.393 e. The van der Waals surface area contributed by atoms with Gasteiger partial charge in [0.2, 0.25) is 0 Å². The number of thiol groups is 1. The Kier molecular flexibility index (Phi) is 5.38. The van der Waals surface area contributed by atoms with Crippen LogP contribution in [0.15, 0.2) is 0 Å². The van der Waals surface area contributed by atoms with Gasteiger partial charge in [-0.2, -0.15) is 0 Å². The van der Waals surface area contributed by atoms with Crippen LogP contribution in [0.4, 0.5) is 0 Å². The van der Waals surface area contributed by atoms with Crippen LogP contribution in [0.25, 0.3) is 0 Å². The van der Waals surface area contributed by atoms with E-state index in [1.807, 2.05) is 0 Å². The van der Waals surface area contributed by atoms with Crippen molar-refractivity contribution in [2.75, 3.05) is 13.7 Å². The van der Waals surface area contributed by atoms with Gasteiger partial charge in [-0.15, -0.1) is 0 Å². The van der Waals surface area contributed by atoms with Gasteiger partial charge in [0.05, 0.1) is 0 Å². The minimum atomic E-state index is -0.627. The van der Waals surface area contributed by atoms with Crippen molar-refractivity contribution in [3.8, 4) is 0 Å². The zero-order valence-electron chi connectivity index (χ0n) is 5.74. The van der Waals surface area contributed by atoms with E-state index in [-0.39, 0.29) is 0 Å². The fourth-order valence-corrected chi connectivity index (χ4v) is 0.566. The van der Waals surface area contributed by atoms with Gasteiger partial charge >= 0.3 is 5.97 Å². The van der Waals surface area contributed by atoms with Crippen molar-refractivity contribution >= 4 is 18.9 Å². The standard InChI is InChI=1S/C5H11NO3S/c1-8-3-2-4(6)5(7)9-10/h4,10H,2-3,6H2,1H3/t4-/m0/s1. The fraction of sp³-hybridized carbons (Fsp3) is 0.800. The van der Waals surface area contributed by atoms with Gasteiger partial charge in [-0.1, -0.05) is 0 Å². The molecule has 1 atom stereocenters. The Hall–Kier alpha value is -0.260. The molecular weight excluding hydrogens is 154 g/mol. The Bertz CT molecular complexity index is 109. The minimum Gasteiger partial charge on any atom is -0.393 e. The van der Waals surface area contributed by atoms with E-state index >= 15 is 0 Å². The summed E-state index contributed by atoms with van der Waals surface area (Å²) in [5.41, 5.74) is 5.31. The van der Waals surface area contributed by atoms with Gasteiger partial charge in [-0.3, -0.25) is 0 Å². The van der Waals surface area contributed by atoms with Crippen LogP contribution in [0.1, 0.15) is 6.42 Å². The second kappa shape index (κ2) is 5.52. The third-order valence-corrected chi connectivity index (χ3v) is 1.21. The zero-order chi connectivity index (χ0) is 7.98. The number of ether oxygens (including phenoxy) is 1. The molecule has 0 aliphatic heterocycles. The molecule has 4 nitrogen and oxygen atoms in total. The maximum atomic E-state index is 10.5. The summed E-state index contributed by atoms with van der Waals surface area (Å²) in [7, 11) is 1.54. The summed E-state index contributed by atoms with van der Waals surface area (Å²) in [6.45, 7) is 0.448. The molecule has 0 aromatic carbocycles. The average Bonchev–Trinajstić information content (AvgIpc) is 1.98. The summed E-state index contributed by atoms with van der Waals surface area (Å²) in [4.78, 5) is 10.5. The highest BCUT2D eigenvalue weighted by atomic mass is 32.1. The Morgan fingerprint density at radius 3 is 2.80 bits per heavy atom. The summed E-state index contributed by atoms with van der Waals surface area (Å²) < 4.78 is 8.78. The molecule has 0 fully saturated rings. The number of carbonyl (C=O) groups is 1. The van der Waals surface area contributed by atoms with Crippen LogP contribution in [0.3, 0.4) is 0 Å². The van der Waals surface area contributed by atoms with Crippen LogP contribution in [0, 0.1) is 0 Å². The molecule has 0 amide bonds. The van der Waals surface area contributed by atoms with Crippen molar-refractivity contribution in [3.63, 3.8) is 0 Å². The molecule has 10 heavy (non-hydrogen) atoms. The van der Waals surface area contributed by atoms with E-state index in [0.717, 1.165) is 0 Å². The lowest BCUT2D eigenvalue weighted by Crippen LogP contribution is -2.31. The van der Waals surface area contributed by atoms with Crippen LogP contribution >= 0.6 is 12.9 Å². The van der Waals surface area contributed by atoms with E-state index in [0.29, 0.717) is 13.0 Å². The molecule has 0 aliphatic carbocycles. The lowest BCUT2D eigenvalue weighted by atomic mass is 10.2. The van der Waals surface area contributed by atoms with Crippen LogP contribution in [-0.2, 0) is 13.7 Å². The highest BCUT2D eigenvalue weighted by Crippen LogP contribution is 1.93. The van der Waals surface area contributed by atoms with Crippen LogP contribution in [0.5, 0.6) is 0 Å². The molecule has 0 heterocycles. The summed E-state index contributed by atoms with van der Waals surface area (Å²) in [6.07, 6.45) is 0.454. The van der Waals surface area contributed by atoms with E-state index in [9.17, 15) is 4.79 Å². The molecule has 5 heteroatoms. The summed E-state index contributed by atoms with van der Waals surface area (Å²) in [5.74, 6) is -0.527. The van der Waals surface area contributed by atoms with E-state index in [1.165, 1.54) is 0 Å². The predicted molar refractivity (Wildman–Crippen MR) is 39.5 cm³/mol. The van der Waals surface area contributed by atoms with E-state index in [2.05, 4.69) is 17.1 Å². The minimum absolute atomic E-state index is 0.448. The van der Waals surface area contributed by atoms with Crippen molar-refractivity contribution in [1.82, 2.24) is 0 Å². The maximum Gasteiger partial charge on any atom is 0.334 e. The third-order valence-electron chi connectivity index (χ3n) is 1.03. The van der Waals surface area contributed by atoms with Gasteiger partial charge in [0.1, 0.15) is 6.04 Å². The zero-order valence-corrected chi connectivity index (χ0v) is 6.64. The number of methoxy groups -OCH3 is 1. The SMILES string of the molecule is COCC[C@H](N)C(=O)OS. The Labute approximate surface area is 65.3 Å². The Morgan fingerprint density at radius 1 is 1.80 bits per heavy atom. The predicted octanol–water partition coefficient (Wildman–Crippen LogP) is -0.262. The first-order valence-electron chi connectivity index (χ1n) is 2.82. The number of hydrogen-bond donors (Lipinski definition) is 2. The van der Waals surface area contributed by atoms with Crippen molar-refractivity contribution in [2.24, 2.45) is 5.73 Å². The normalized spacial score (nSPS) is 12.7. The van der Waals surface area contributed by atoms with Gasteiger partial charge in [-0.05, 0) is 6.42 Å². The van der Waals surface area contributed by atoms with Gasteiger partial charge in [-0.25, -0.2) is 4.79 Å². The molecule has 0 radical (unpaired) electrons. The van der Waals surface area contributed by atoms with E-state index < -0.39 is 12.0 Å². The van der Waals surface area contributed by atoms with E-state index in [4.69, 9.17) is 10.5 Å². The quantitative estimate of drug-likeness (QED) is 0.445. The molecule has 0 saturated heterocycles. The Morgan fingerprint density at radius 2 is 2.40 bits per heavy atom. The molecule has 0 saturated carbocycles. The van der Waals surface area contributed by atoms with Crippen LogP contribution < -0.4 is 5.73 Å². The molecule has 0 aliphatic rings. The lowest BCUT2D eigenvalue weighted by molar-refractivity contribution is -0.134. The first kappa shape index (κ1) is 9.74. The number of rotatable bonds is 4. The molecule has 2 N–H and O–H groups in total. The highest BCUT2D eigenvalue weighted by Gasteiger charge is 2.12. The molecule has 0 aromatic heterocycles. The molecule has 0 bridgehead atoms. The van der Waals surface area contributed by atoms with Gasteiger partial charge < -0.3 is 14.7 Å². The van der Waals surface area contributed by atoms with Crippen LogP contribution in [0.2, 0.25) is 0 Å². The van der Waals surface area contributed by atoms with Crippen molar-refractivity contribution < 1.29 is 13.7 Å². The van der Waals surface area contributed by atoms with Gasteiger partial charge in [0.25, 0.3) is 0 Å². The Balaban J connectivity index is 3.41.